The molecule has 0 aliphatic heterocycles. The lowest BCUT2D eigenvalue weighted by atomic mass is 9.98. The molecule has 100 valence electrons. The highest BCUT2D eigenvalue weighted by Gasteiger charge is 2.12. The molecule has 0 bridgehead atoms. The molecule has 0 spiro atoms. The van der Waals surface area contributed by atoms with E-state index in [0.29, 0.717) is 10.9 Å². The van der Waals surface area contributed by atoms with E-state index in [1.165, 1.54) is 5.56 Å². The van der Waals surface area contributed by atoms with Crippen molar-refractivity contribution in [1.82, 2.24) is 0 Å². The third-order valence-corrected chi connectivity index (χ3v) is 4.85. The summed E-state index contributed by atoms with van der Waals surface area (Å²) in [4.78, 5) is 0. The van der Waals surface area contributed by atoms with Gasteiger partial charge in [-0.3, -0.25) is 0 Å². The molecule has 0 aliphatic carbocycles. The second-order valence-electron chi connectivity index (χ2n) is 4.86. The summed E-state index contributed by atoms with van der Waals surface area (Å²) in [6, 6.07) is 14.3. The van der Waals surface area contributed by atoms with Crippen LogP contribution in [-0.4, -0.2) is 0 Å². The summed E-state index contributed by atoms with van der Waals surface area (Å²) in [6.45, 7) is 4.37. The summed E-state index contributed by atoms with van der Waals surface area (Å²) >= 11 is 15.9. The predicted molar refractivity (Wildman–Crippen MR) is 87.4 cm³/mol. The zero-order valence-corrected chi connectivity index (χ0v) is 13.9. The van der Waals surface area contributed by atoms with Crippen molar-refractivity contribution in [2.75, 3.05) is 0 Å². The molecule has 1 atom stereocenters. The molecule has 2 aromatic rings. The van der Waals surface area contributed by atoms with Crippen LogP contribution in [0.2, 0.25) is 5.02 Å². The van der Waals surface area contributed by atoms with Gasteiger partial charge in [0.1, 0.15) is 0 Å². The molecular formula is C16H15BrCl2. The van der Waals surface area contributed by atoms with Gasteiger partial charge in [0.05, 0.1) is 10.4 Å². The lowest BCUT2D eigenvalue weighted by Crippen LogP contribution is -1.95. The van der Waals surface area contributed by atoms with Crippen LogP contribution in [0, 0.1) is 0 Å². The molecule has 2 aromatic carbocycles. The first-order chi connectivity index (χ1) is 8.99. The first kappa shape index (κ1) is 14.9. The van der Waals surface area contributed by atoms with Crippen LogP contribution in [0.5, 0.6) is 0 Å². The number of hydrogen-bond donors (Lipinski definition) is 0. The van der Waals surface area contributed by atoms with E-state index in [1.54, 1.807) is 0 Å². The molecule has 0 aliphatic rings. The molecule has 3 heteroatoms. The van der Waals surface area contributed by atoms with Gasteiger partial charge >= 0.3 is 0 Å². The Morgan fingerprint density at radius 1 is 0.895 bits per heavy atom. The van der Waals surface area contributed by atoms with Gasteiger partial charge in [0.2, 0.25) is 0 Å². The largest absolute Gasteiger partial charge is 0.113 e. The number of benzene rings is 2. The lowest BCUT2D eigenvalue weighted by Gasteiger charge is -2.13. The van der Waals surface area contributed by atoms with Crippen molar-refractivity contribution in [1.29, 1.82) is 0 Å². The maximum absolute atomic E-state index is 6.52. The van der Waals surface area contributed by atoms with Crippen LogP contribution in [0.3, 0.4) is 0 Å². The van der Waals surface area contributed by atoms with Crippen molar-refractivity contribution in [2.45, 2.75) is 25.1 Å². The summed E-state index contributed by atoms with van der Waals surface area (Å²) in [5, 5.41) is 0.539. The topological polar surface area (TPSA) is 0 Å². The molecule has 0 heterocycles. The quantitative estimate of drug-likeness (QED) is 0.546. The molecule has 0 saturated carbocycles. The van der Waals surface area contributed by atoms with E-state index in [4.69, 9.17) is 23.2 Å². The maximum atomic E-state index is 6.52. The molecule has 1 unspecified atom stereocenters. The van der Waals surface area contributed by atoms with E-state index >= 15 is 0 Å². The Morgan fingerprint density at radius 2 is 1.42 bits per heavy atom. The fraction of sp³-hybridized carbons (Fsp3) is 0.250. The standard InChI is InChI=1S/C16H15BrCl2/c1-10(2)11-3-5-12(6-4-11)16(19)13-7-8-15(18)14(17)9-13/h3-10,16H,1-2H3. The number of alkyl halides is 1. The van der Waals surface area contributed by atoms with E-state index in [1.807, 2.05) is 18.2 Å². The Labute approximate surface area is 132 Å². The van der Waals surface area contributed by atoms with Crippen LogP contribution in [0.1, 0.15) is 41.8 Å². The van der Waals surface area contributed by atoms with Gasteiger partial charge in [-0.05, 0) is 50.7 Å². The van der Waals surface area contributed by atoms with Crippen LogP contribution in [-0.2, 0) is 0 Å². The predicted octanol–water partition coefficient (Wildman–Crippen LogP) is 6.55. The summed E-state index contributed by atoms with van der Waals surface area (Å²) in [5.74, 6) is 0.535. The van der Waals surface area contributed by atoms with Gasteiger partial charge in [0.15, 0.2) is 0 Å². The van der Waals surface area contributed by atoms with Gasteiger partial charge in [0.25, 0.3) is 0 Å². The van der Waals surface area contributed by atoms with Gasteiger partial charge in [-0.15, -0.1) is 11.6 Å². The Bertz CT molecular complexity index is 561. The summed E-state index contributed by atoms with van der Waals surface area (Å²) < 4.78 is 0.871. The van der Waals surface area contributed by atoms with Gasteiger partial charge in [0, 0.05) is 4.47 Å². The molecule has 0 aromatic heterocycles. The van der Waals surface area contributed by atoms with E-state index < -0.39 is 0 Å². The van der Waals surface area contributed by atoms with Crippen LogP contribution >= 0.6 is 39.1 Å². The molecule has 0 N–H and O–H groups in total. The SMILES string of the molecule is CC(C)c1ccc(C(Cl)c2ccc(Cl)c(Br)c2)cc1. The van der Waals surface area contributed by atoms with Crippen molar-refractivity contribution in [2.24, 2.45) is 0 Å². The average molecular weight is 358 g/mol. The molecule has 0 amide bonds. The van der Waals surface area contributed by atoms with Crippen molar-refractivity contribution < 1.29 is 0 Å². The lowest BCUT2D eigenvalue weighted by molar-refractivity contribution is 0.865. The molecule has 0 fully saturated rings. The van der Waals surface area contributed by atoms with Crippen LogP contribution < -0.4 is 0 Å². The minimum Gasteiger partial charge on any atom is -0.113 e. The van der Waals surface area contributed by atoms with Gasteiger partial charge in [-0.25, -0.2) is 0 Å². The fourth-order valence-corrected chi connectivity index (χ4v) is 2.71. The van der Waals surface area contributed by atoms with Crippen molar-refractivity contribution in [3.63, 3.8) is 0 Å². The van der Waals surface area contributed by atoms with E-state index in [2.05, 4.69) is 54.0 Å². The van der Waals surface area contributed by atoms with Crippen molar-refractivity contribution >= 4 is 39.1 Å². The summed E-state index contributed by atoms with van der Waals surface area (Å²) in [5.41, 5.74) is 3.46. The van der Waals surface area contributed by atoms with E-state index in [9.17, 15) is 0 Å². The average Bonchev–Trinajstić information content (AvgIpc) is 2.41. The molecule has 19 heavy (non-hydrogen) atoms. The Morgan fingerprint density at radius 3 is 1.95 bits per heavy atom. The van der Waals surface area contributed by atoms with Crippen LogP contribution in [0.25, 0.3) is 0 Å². The highest BCUT2D eigenvalue weighted by Crippen LogP contribution is 2.33. The normalized spacial score (nSPS) is 12.7. The second kappa shape index (κ2) is 6.30. The smallest absolute Gasteiger partial charge is 0.0835 e. The Kier molecular flexibility index (Phi) is 4.94. The minimum atomic E-state index is -0.158. The highest BCUT2D eigenvalue weighted by molar-refractivity contribution is 9.10. The number of halogens is 3. The fourth-order valence-electron chi connectivity index (χ4n) is 1.91. The summed E-state index contributed by atoms with van der Waals surface area (Å²) in [7, 11) is 0. The Hall–Kier alpha value is -0.500. The zero-order chi connectivity index (χ0) is 14.0. The van der Waals surface area contributed by atoms with E-state index in [-0.39, 0.29) is 5.38 Å². The van der Waals surface area contributed by atoms with Gasteiger partial charge in [-0.2, -0.15) is 0 Å². The van der Waals surface area contributed by atoms with E-state index in [0.717, 1.165) is 15.6 Å². The maximum Gasteiger partial charge on any atom is 0.0835 e. The van der Waals surface area contributed by atoms with Crippen molar-refractivity contribution in [3.05, 3.63) is 68.7 Å². The number of hydrogen-bond acceptors (Lipinski definition) is 0. The van der Waals surface area contributed by atoms with Gasteiger partial charge < -0.3 is 0 Å². The first-order valence-corrected chi connectivity index (χ1v) is 7.78. The highest BCUT2D eigenvalue weighted by atomic mass is 79.9. The third-order valence-electron chi connectivity index (χ3n) is 3.13. The van der Waals surface area contributed by atoms with Crippen molar-refractivity contribution in [3.8, 4) is 0 Å². The third kappa shape index (κ3) is 3.53. The second-order valence-corrected chi connectivity index (χ2v) is 6.56. The molecular weight excluding hydrogens is 343 g/mol. The molecule has 0 saturated heterocycles. The zero-order valence-electron chi connectivity index (χ0n) is 10.8. The first-order valence-electron chi connectivity index (χ1n) is 6.18. The van der Waals surface area contributed by atoms with Crippen LogP contribution in [0.15, 0.2) is 46.9 Å². The minimum absolute atomic E-state index is 0.158. The molecule has 0 nitrogen and oxygen atoms in total. The monoisotopic (exact) mass is 356 g/mol. The number of rotatable bonds is 3. The Balaban J connectivity index is 2.27. The van der Waals surface area contributed by atoms with Crippen LogP contribution in [0.4, 0.5) is 0 Å². The van der Waals surface area contributed by atoms with Gasteiger partial charge in [-0.1, -0.05) is 55.8 Å². The molecule has 0 radical (unpaired) electrons. The summed E-state index contributed by atoms with van der Waals surface area (Å²) in [6.07, 6.45) is 0. The molecule has 2 rings (SSSR count).